The van der Waals surface area contributed by atoms with Gasteiger partial charge in [-0.25, -0.2) is 9.98 Å². The van der Waals surface area contributed by atoms with E-state index in [4.69, 9.17) is 24.2 Å². The molecule has 9 nitrogen and oxygen atoms in total. The van der Waals surface area contributed by atoms with Crippen LogP contribution < -0.4 is 19.7 Å². The number of benzene rings is 2. The lowest BCUT2D eigenvalue weighted by Crippen LogP contribution is -2.58. The number of hydrogen-bond donors (Lipinski definition) is 1. The van der Waals surface area contributed by atoms with Crippen LogP contribution in [-0.4, -0.2) is 67.2 Å². The van der Waals surface area contributed by atoms with Crippen molar-refractivity contribution in [3.8, 4) is 11.5 Å². The highest BCUT2D eigenvalue weighted by Gasteiger charge is 2.37. The Morgan fingerprint density at radius 1 is 1.15 bits per heavy atom. The highest BCUT2D eigenvalue weighted by molar-refractivity contribution is 5.99. The first-order chi connectivity index (χ1) is 16.2. The number of nitrogens with zero attached hydrogens (tertiary/aromatic N) is 5. The summed E-state index contributed by atoms with van der Waals surface area (Å²) in [5.74, 6) is 3.20. The molecule has 4 heterocycles. The predicted octanol–water partition coefficient (Wildman–Crippen LogP) is 2.78. The SMILES string of the molecule is COc1ccc([C@H]2NC3=NCN(C[C@H]4CCCO4)CN3c3nc4ccccc4n32)c(OC)c1. The molecule has 0 saturated carbocycles. The molecule has 1 saturated heterocycles. The largest absolute Gasteiger partial charge is 0.497 e. The van der Waals surface area contributed by atoms with Gasteiger partial charge >= 0.3 is 0 Å². The van der Waals surface area contributed by atoms with Gasteiger partial charge < -0.3 is 19.5 Å². The van der Waals surface area contributed by atoms with E-state index in [2.05, 4.69) is 25.8 Å². The Morgan fingerprint density at radius 3 is 2.88 bits per heavy atom. The Kier molecular flexibility index (Phi) is 5.07. The fraction of sp³-hybridized carbons (Fsp3) is 0.417. The van der Waals surface area contributed by atoms with E-state index in [0.717, 1.165) is 66.0 Å². The predicted molar refractivity (Wildman–Crippen MR) is 126 cm³/mol. The van der Waals surface area contributed by atoms with Crippen LogP contribution in [0.3, 0.4) is 0 Å². The second kappa shape index (κ2) is 8.24. The zero-order valence-electron chi connectivity index (χ0n) is 18.9. The summed E-state index contributed by atoms with van der Waals surface area (Å²) in [5, 5.41) is 3.65. The third-order valence-corrected chi connectivity index (χ3v) is 6.58. The number of aromatic nitrogens is 2. The number of aliphatic imine (C=N–C) groups is 1. The summed E-state index contributed by atoms with van der Waals surface area (Å²) in [6.45, 7) is 3.08. The number of hydrogen-bond acceptors (Lipinski definition) is 8. The lowest BCUT2D eigenvalue weighted by molar-refractivity contribution is 0.0732. The van der Waals surface area contributed by atoms with Gasteiger partial charge in [-0.1, -0.05) is 12.1 Å². The number of imidazole rings is 1. The monoisotopic (exact) mass is 448 g/mol. The number of ether oxygens (including phenoxy) is 3. The van der Waals surface area contributed by atoms with Gasteiger partial charge in [0.05, 0.1) is 44.7 Å². The fourth-order valence-corrected chi connectivity index (χ4v) is 4.96. The number of nitrogens with one attached hydrogen (secondary N) is 1. The highest BCUT2D eigenvalue weighted by Crippen LogP contribution is 2.38. The van der Waals surface area contributed by atoms with E-state index >= 15 is 0 Å². The number of anilines is 1. The number of methoxy groups -OCH3 is 2. The van der Waals surface area contributed by atoms with Crippen molar-refractivity contribution in [1.82, 2.24) is 19.8 Å². The summed E-state index contributed by atoms with van der Waals surface area (Å²) in [6, 6.07) is 14.1. The maximum Gasteiger partial charge on any atom is 0.216 e. The Balaban J connectivity index is 1.43. The smallest absolute Gasteiger partial charge is 0.216 e. The van der Waals surface area contributed by atoms with Crippen molar-refractivity contribution in [2.45, 2.75) is 25.1 Å². The second-order valence-corrected chi connectivity index (χ2v) is 8.61. The third kappa shape index (κ3) is 3.48. The number of guanidine groups is 1. The Labute approximate surface area is 192 Å². The molecule has 2 aromatic carbocycles. The van der Waals surface area contributed by atoms with Crippen molar-refractivity contribution in [3.63, 3.8) is 0 Å². The van der Waals surface area contributed by atoms with Gasteiger partial charge in [0.1, 0.15) is 17.7 Å². The Bertz CT molecular complexity index is 1200. The fourth-order valence-electron chi connectivity index (χ4n) is 4.96. The van der Waals surface area contributed by atoms with Gasteiger partial charge in [-0.3, -0.25) is 14.4 Å². The maximum atomic E-state index is 5.86. The molecule has 1 N–H and O–H groups in total. The van der Waals surface area contributed by atoms with Gasteiger partial charge in [0.15, 0.2) is 0 Å². The van der Waals surface area contributed by atoms with E-state index < -0.39 is 0 Å². The molecule has 3 aliphatic rings. The molecule has 33 heavy (non-hydrogen) atoms. The van der Waals surface area contributed by atoms with Crippen LogP contribution in [-0.2, 0) is 4.74 Å². The average Bonchev–Trinajstić information content (AvgIpc) is 3.51. The standard InChI is InChI=1S/C24H28N6O3/c1-31-16-9-10-18(21(12-16)32-2)22-27-23-25-14-28(13-17-6-5-11-33-17)15-29(23)24-26-19-7-3-4-8-20(19)30(22)24/h3-4,7-10,12,17,22H,5-6,11,13-15H2,1-2H3,(H,25,27)/t17-,22+/m1/s1. The average molecular weight is 449 g/mol. The zero-order chi connectivity index (χ0) is 22.4. The van der Waals surface area contributed by atoms with Crippen LogP contribution in [0.25, 0.3) is 11.0 Å². The molecule has 1 fully saturated rings. The molecule has 0 radical (unpaired) electrons. The van der Waals surface area contributed by atoms with Crippen molar-refractivity contribution >= 4 is 22.9 Å². The van der Waals surface area contributed by atoms with Gasteiger partial charge in [0.2, 0.25) is 11.9 Å². The van der Waals surface area contributed by atoms with E-state index in [-0.39, 0.29) is 12.3 Å². The molecule has 0 spiro atoms. The van der Waals surface area contributed by atoms with E-state index in [9.17, 15) is 0 Å². The van der Waals surface area contributed by atoms with Crippen LogP contribution >= 0.6 is 0 Å². The molecule has 0 amide bonds. The van der Waals surface area contributed by atoms with Gasteiger partial charge in [-0.15, -0.1) is 0 Å². The first-order valence-electron chi connectivity index (χ1n) is 11.4. The van der Waals surface area contributed by atoms with Gasteiger partial charge in [-0.2, -0.15) is 0 Å². The Hall–Kier alpha value is -3.30. The summed E-state index contributed by atoms with van der Waals surface area (Å²) < 4.78 is 19.2. The van der Waals surface area contributed by atoms with Crippen LogP contribution in [0.15, 0.2) is 47.5 Å². The van der Waals surface area contributed by atoms with Crippen molar-refractivity contribution in [3.05, 3.63) is 48.0 Å². The molecule has 1 aromatic heterocycles. The van der Waals surface area contributed by atoms with Gasteiger partial charge in [0.25, 0.3) is 0 Å². The van der Waals surface area contributed by atoms with Crippen LogP contribution in [0.5, 0.6) is 11.5 Å². The van der Waals surface area contributed by atoms with E-state index in [1.165, 1.54) is 0 Å². The van der Waals surface area contributed by atoms with Gasteiger partial charge in [0, 0.05) is 24.8 Å². The molecule has 6 rings (SSSR count). The molecular formula is C24H28N6O3. The van der Waals surface area contributed by atoms with Crippen molar-refractivity contribution in [2.75, 3.05) is 45.6 Å². The van der Waals surface area contributed by atoms with Crippen molar-refractivity contribution in [2.24, 2.45) is 4.99 Å². The first-order valence-corrected chi connectivity index (χ1v) is 11.4. The molecular weight excluding hydrogens is 420 g/mol. The molecule has 0 aliphatic carbocycles. The topological polar surface area (TPSA) is 76.4 Å². The van der Waals surface area contributed by atoms with E-state index in [1.54, 1.807) is 14.2 Å². The quantitative estimate of drug-likeness (QED) is 0.643. The summed E-state index contributed by atoms with van der Waals surface area (Å²) in [7, 11) is 3.34. The lowest BCUT2D eigenvalue weighted by Gasteiger charge is -2.42. The minimum atomic E-state index is -0.215. The summed E-state index contributed by atoms with van der Waals surface area (Å²) >= 11 is 0. The molecule has 2 atom stereocenters. The van der Waals surface area contributed by atoms with Crippen LogP contribution in [0.4, 0.5) is 5.95 Å². The van der Waals surface area contributed by atoms with E-state index in [1.807, 2.05) is 36.4 Å². The third-order valence-electron chi connectivity index (χ3n) is 6.58. The number of fused-ring (bicyclic) bond motifs is 5. The molecule has 9 heteroatoms. The van der Waals surface area contributed by atoms with E-state index in [0.29, 0.717) is 13.3 Å². The molecule has 172 valence electrons. The van der Waals surface area contributed by atoms with Crippen LogP contribution in [0.2, 0.25) is 0 Å². The van der Waals surface area contributed by atoms with Crippen LogP contribution in [0.1, 0.15) is 24.6 Å². The highest BCUT2D eigenvalue weighted by atomic mass is 16.5. The number of rotatable bonds is 5. The zero-order valence-corrected chi connectivity index (χ0v) is 18.9. The normalized spacial score (nSPS) is 22.5. The maximum absolute atomic E-state index is 5.86. The molecule has 0 unspecified atom stereocenters. The minimum Gasteiger partial charge on any atom is -0.497 e. The molecule has 3 aromatic rings. The minimum absolute atomic E-state index is 0.215. The first kappa shape index (κ1) is 20.3. The second-order valence-electron chi connectivity index (χ2n) is 8.61. The van der Waals surface area contributed by atoms with Crippen molar-refractivity contribution in [1.29, 1.82) is 0 Å². The molecule has 3 aliphatic heterocycles. The lowest BCUT2D eigenvalue weighted by atomic mass is 10.1. The van der Waals surface area contributed by atoms with Gasteiger partial charge in [-0.05, 0) is 37.1 Å². The number of para-hydroxylation sites is 2. The molecule has 0 bridgehead atoms. The summed E-state index contributed by atoms with van der Waals surface area (Å²) in [5.41, 5.74) is 2.99. The summed E-state index contributed by atoms with van der Waals surface area (Å²) in [6.07, 6.45) is 2.32. The van der Waals surface area contributed by atoms with Crippen LogP contribution in [0, 0.1) is 0 Å². The Morgan fingerprint density at radius 2 is 2.06 bits per heavy atom. The van der Waals surface area contributed by atoms with Crippen molar-refractivity contribution < 1.29 is 14.2 Å². The summed E-state index contributed by atoms with van der Waals surface area (Å²) in [4.78, 5) is 14.4.